The Labute approximate surface area is 176 Å². The van der Waals surface area contributed by atoms with Crippen LogP contribution in [0, 0.1) is 0 Å². The number of hydrogen-bond donors (Lipinski definition) is 0. The van der Waals surface area contributed by atoms with Crippen molar-refractivity contribution in [2.75, 3.05) is 65.4 Å². The third-order valence-electron chi connectivity index (χ3n) is 5.88. The van der Waals surface area contributed by atoms with Crippen molar-refractivity contribution in [1.82, 2.24) is 19.6 Å². The summed E-state index contributed by atoms with van der Waals surface area (Å²) in [5.74, 6) is 0.496. The molecule has 0 N–H and O–H groups in total. The number of rotatable bonds is 5. The highest BCUT2D eigenvalue weighted by molar-refractivity contribution is 5.85. The second-order valence-electron chi connectivity index (χ2n) is 7.75. The molecule has 0 aromatic rings. The van der Waals surface area contributed by atoms with E-state index in [1.807, 2.05) is 9.80 Å². The molecule has 3 aliphatic rings. The van der Waals surface area contributed by atoms with E-state index in [0.717, 1.165) is 32.7 Å². The molecule has 158 valence electrons. The van der Waals surface area contributed by atoms with E-state index >= 15 is 0 Å². The van der Waals surface area contributed by atoms with Gasteiger partial charge in [-0.25, -0.2) is 0 Å². The highest BCUT2D eigenvalue weighted by atomic mass is 35.5. The fourth-order valence-corrected chi connectivity index (χ4v) is 4.21. The maximum absolute atomic E-state index is 12.4. The second-order valence-corrected chi connectivity index (χ2v) is 7.75. The van der Waals surface area contributed by atoms with Crippen LogP contribution >= 0.6 is 24.8 Å². The Morgan fingerprint density at radius 1 is 0.556 bits per heavy atom. The van der Waals surface area contributed by atoms with Gasteiger partial charge >= 0.3 is 0 Å². The molecular weight excluding hydrogens is 387 g/mol. The van der Waals surface area contributed by atoms with Gasteiger partial charge in [0.2, 0.25) is 11.8 Å². The Morgan fingerprint density at radius 2 is 1.00 bits per heavy atom. The third-order valence-corrected chi connectivity index (χ3v) is 5.88. The Balaban J connectivity index is 0.00000182. The molecule has 0 atom stereocenters. The Hall–Kier alpha value is -0.560. The first-order chi connectivity index (χ1) is 12.2. The topological polar surface area (TPSA) is 47.1 Å². The zero-order valence-electron chi connectivity index (χ0n) is 16.4. The van der Waals surface area contributed by atoms with E-state index in [4.69, 9.17) is 0 Å². The molecular formula is C19H36Cl2N4O2. The van der Waals surface area contributed by atoms with E-state index in [1.165, 1.54) is 38.5 Å². The fourth-order valence-electron chi connectivity index (χ4n) is 4.21. The predicted molar refractivity (Wildman–Crippen MR) is 113 cm³/mol. The van der Waals surface area contributed by atoms with Crippen molar-refractivity contribution in [2.24, 2.45) is 0 Å². The Kier molecular flexibility index (Phi) is 11.6. The van der Waals surface area contributed by atoms with Gasteiger partial charge in [-0.15, -0.1) is 24.8 Å². The SMILES string of the molecule is Cl.Cl.O=C(CCN1CCCCC1)N1CCN(C(=O)CN2CCCCC2)CC1. The van der Waals surface area contributed by atoms with Crippen molar-refractivity contribution in [3.63, 3.8) is 0 Å². The van der Waals surface area contributed by atoms with Crippen molar-refractivity contribution < 1.29 is 9.59 Å². The first-order valence-corrected chi connectivity index (χ1v) is 10.2. The lowest BCUT2D eigenvalue weighted by Crippen LogP contribution is -2.53. The molecule has 0 aliphatic carbocycles. The van der Waals surface area contributed by atoms with Crippen molar-refractivity contribution in [1.29, 1.82) is 0 Å². The van der Waals surface area contributed by atoms with Crippen molar-refractivity contribution in [3.8, 4) is 0 Å². The molecule has 0 spiro atoms. The van der Waals surface area contributed by atoms with Crippen molar-refractivity contribution >= 4 is 36.6 Å². The Morgan fingerprint density at radius 3 is 1.52 bits per heavy atom. The van der Waals surface area contributed by atoms with E-state index in [1.54, 1.807) is 0 Å². The number of piperidine rings is 2. The number of piperazine rings is 1. The number of nitrogens with zero attached hydrogens (tertiary/aromatic N) is 4. The van der Waals surface area contributed by atoms with Crippen LogP contribution in [0.25, 0.3) is 0 Å². The fraction of sp³-hybridized carbons (Fsp3) is 0.895. The van der Waals surface area contributed by atoms with Crippen LogP contribution in [0.15, 0.2) is 0 Å². The first-order valence-electron chi connectivity index (χ1n) is 10.2. The molecule has 27 heavy (non-hydrogen) atoms. The lowest BCUT2D eigenvalue weighted by molar-refractivity contribution is -0.140. The largest absolute Gasteiger partial charge is 0.339 e. The summed E-state index contributed by atoms with van der Waals surface area (Å²) in [4.78, 5) is 33.5. The molecule has 0 aromatic carbocycles. The van der Waals surface area contributed by atoms with Gasteiger partial charge in [0.1, 0.15) is 0 Å². The molecule has 0 aromatic heterocycles. The molecule has 2 amide bonds. The van der Waals surface area contributed by atoms with E-state index < -0.39 is 0 Å². The number of amides is 2. The zero-order chi connectivity index (χ0) is 17.5. The predicted octanol–water partition coefficient (Wildman–Crippen LogP) is 1.86. The van der Waals surface area contributed by atoms with Gasteiger partial charge in [-0.1, -0.05) is 12.8 Å². The first kappa shape index (κ1) is 24.5. The monoisotopic (exact) mass is 422 g/mol. The molecule has 3 rings (SSSR count). The van der Waals surface area contributed by atoms with E-state index in [-0.39, 0.29) is 36.6 Å². The highest BCUT2D eigenvalue weighted by Gasteiger charge is 2.25. The molecule has 0 bridgehead atoms. The summed E-state index contributed by atoms with van der Waals surface area (Å²) >= 11 is 0. The van der Waals surface area contributed by atoms with Crippen LogP contribution in [0.1, 0.15) is 44.9 Å². The summed E-state index contributed by atoms with van der Waals surface area (Å²) in [5.41, 5.74) is 0. The minimum absolute atomic E-state index is 0. The lowest BCUT2D eigenvalue weighted by Gasteiger charge is -2.36. The third kappa shape index (κ3) is 7.76. The van der Waals surface area contributed by atoms with Crippen LogP contribution in [0.4, 0.5) is 0 Å². The van der Waals surface area contributed by atoms with Crippen LogP contribution in [-0.4, -0.2) is 96.9 Å². The maximum Gasteiger partial charge on any atom is 0.236 e. The standard InChI is InChI=1S/C19H34N4O2.2ClH/c24-18(7-12-20-8-3-1-4-9-20)22-13-15-23(16-14-22)19(25)17-21-10-5-2-6-11-21;;/h1-17H2;2*1H. The minimum atomic E-state index is 0. The van der Waals surface area contributed by atoms with Gasteiger partial charge in [-0.05, 0) is 51.9 Å². The van der Waals surface area contributed by atoms with Gasteiger partial charge in [-0.2, -0.15) is 0 Å². The summed E-state index contributed by atoms with van der Waals surface area (Å²) in [6.07, 6.45) is 8.22. The summed E-state index contributed by atoms with van der Waals surface area (Å²) in [6.45, 7) is 8.65. The van der Waals surface area contributed by atoms with Gasteiger partial charge in [-0.3, -0.25) is 14.5 Å². The average Bonchev–Trinajstić information content (AvgIpc) is 2.68. The van der Waals surface area contributed by atoms with Crippen LogP contribution < -0.4 is 0 Å². The second kappa shape index (κ2) is 12.8. The van der Waals surface area contributed by atoms with E-state index in [2.05, 4.69) is 9.80 Å². The van der Waals surface area contributed by atoms with E-state index in [0.29, 0.717) is 39.1 Å². The van der Waals surface area contributed by atoms with Crippen LogP contribution in [0.5, 0.6) is 0 Å². The number of carbonyl (C=O) groups is 2. The quantitative estimate of drug-likeness (QED) is 0.678. The molecule has 8 heteroatoms. The van der Waals surface area contributed by atoms with E-state index in [9.17, 15) is 9.59 Å². The zero-order valence-corrected chi connectivity index (χ0v) is 18.1. The normalized spacial score (nSPS) is 21.9. The summed E-state index contributed by atoms with van der Waals surface area (Å²) in [7, 11) is 0. The number of carbonyl (C=O) groups excluding carboxylic acids is 2. The van der Waals surface area contributed by atoms with Crippen LogP contribution in [-0.2, 0) is 9.59 Å². The molecule has 3 fully saturated rings. The van der Waals surface area contributed by atoms with Crippen LogP contribution in [0.3, 0.4) is 0 Å². The number of halogens is 2. The van der Waals surface area contributed by atoms with Gasteiger partial charge in [0.25, 0.3) is 0 Å². The molecule has 3 heterocycles. The van der Waals surface area contributed by atoms with Gasteiger partial charge < -0.3 is 14.7 Å². The van der Waals surface area contributed by atoms with Crippen LogP contribution in [0.2, 0.25) is 0 Å². The molecule has 0 saturated carbocycles. The molecule has 6 nitrogen and oxygen atoms in total. The lowest BCUT2D eigenvalue weighted by atomic mass is 10.1. The molecule has 3 aliphatic heterocycles. The molecule has 0 radical (unpaired) electrons. The molecule has 3 saturated heterocycles. The smallest absolute Gasteiger partial charge is 0.236 e. The van der Waals surface area contributed by atoms with Gasteiger partial charge in [0.05, 0.1) is 6.54 Å². The van der Waals surface area contributed by atoms with Crippen molar-refractivity contribution in [3.05, 3.63) is 0 Å². The minimum Gasteiger partial charge on any atom is -0.339 e. The molecule has 0 unspecified atom stereocenters. The highest BCUT2D eigenvalue weighted by Crippen LogP contribution is 2.12. The Bertz CT molecular complexity index is 447. The summed E-state index contributed by atoms with van der Waals surface area (Å²) < 4.78 is 0. The summed E-state index contributed by atoms with van der Waals surface area (Å²) in [5, 5.41) is 0. The van der Waals surface area contributed by atoms with Gasteiger partial charge in [0.15, 0.2) is 0 Å². The maximum atomic E-state index is 12.4. The van der Waals surface area contributed by atoms with Crippen molar-refractivity contribution in [2.45, 2.75) is 44.9 Å². The average molecular weight is 423 g/mol. The summed E-state index contributed by atoms with van der Waals surface area (Å²) in [6, 6.07) is 0. The number of hydrogen-bond acceptors (Lipinski definition) is 4. The number of likely N-dealkylation sites (tertiary alicyclic amines) is 2. The van der Waals surface area contributed by atoms with Gasteiger partial charge in [0, 0.05) is 39.1 Å².